The predicted molar refractivity (Wildman–Crippen MR) is 107 cm³/mol. The van der Waals surface area contributed by atoms with Crippen LogP contribution in [0.25, 0.3) is 0 Å². The highest BCUT2D eigenvalue weighted by Crippen LogP contribution is 2.24. The summed E-state index contributed by atoms with van der Waals surface area (Å²) in [6, 6.07) is 13.6. The molecule has 1 amide bonds. The van der Waals surface area contributed by atoms with Gasteiger partial charge in [0.05, 0.1) is 22.1 Å². The molecule has 0 atom stereocenters. The Kier molecular flexibility index (Phi) is 5.63. The van der Waals surface area contributed by atoms with E-state index in [4.69, 9.17) is 23.2 Å². The molecule has 0 radical (unpaired) electrons. The Morgan fingerprint density at radius 1 is 1.07 bits per heavy atom. The van der Waals surface area contributed by atoms with Crippen LogP contribution in [0.1, 0.15) is 27.3 Å². The van der Waals surface area contributed by atoms with Gasteiger partial charge in [0.15, 0.2) is 5.78 Å². The number of hydrogen-bond acceptors (Lipinski definition) is 3. The van der Waals surface area contributed by atoms with Gasteiger partial charge in [-0.25, -0.2) is 0 Å². The van der Waals surface area contributed by atoms with Gasteiger partial charge in [0.25, 0.3) is 0 Å². The summed E-state index contributed by atoms with van der Waals surface area (Å²) in [5.41, 5.74) is 2.61. The van der Waals surface area contributed by atoms with Gasteiger partial charge < -0.3 is 5.32 Å². The third-order valence-electron chi connectivity index (χ3n) is 4.12. The normalized spacial score (nSPS) is 10.7. The monoisotopic (exact) mass is 401 g/mol. The average molecular weight is 402 g/mol. The van der Waals surface area contributed by atoms with Crippen molar-refractivity contribution in [2.45, 2.75) is 20.4 Å². The molecule has 7 heteroatoms. The molecule has 138 valence electrons. The van der Waals surface area contributed by atoms with E-state index in [0.29, 0.717) is 38.2 Å². The van der Waals surface area contributed by atoms with E-state index in [2.05, 4.69) is 10.4 Å². The number of rotatable bonds is 5. The smallest absolute Gasteiger partial charge is 0.246 e. The Balaban J connectivity index is 1.85. The van der Waals surface area contributed by atoms with Crippen LogP contribution < -0.4 is 5.32 Å². The van der Waals surface area contributed by atoms with Crippen molar-refractivity contribution in [3.8, 4) is 0 Å². The molecule has 3 rings (SSSR count). The van der Waals surface area contributed by atoms with Gasteiger partial charge in [-0.1, -0.05) is 53.5 Å². The van der Waals surface area contributed by atoms with Crippen molar-refractivity contribution in [3.63, 3.8) is 0 Å². The number of ketones is 1. The second-order valence-electron chi connectivity index (χ2n) is 6.08. The topological polar surface area (TPSA) is 64.0 Å². The Hall–Kier alpha value is -2.63. The van der Waals surface area contributed by atoms with Gasteiger partial charge in [-0.3, -0.25) is 14.3 Å². The highest BCUT2D eigenvalue weighted by atomic mass is 35.5. The van der Waals surface area contributed by atoms with Crippen molar-refractivity contribution in [1.82, 2.24) is 9.78 Å². The van der Waals surface area contributed by atoms with Gasteiger partial charge >= 0.3 is 0 Å². The number of halogens is 2. The molecule has 0 saturated carbocycles. The first-order chi connectivity index (χ1) is 12.9. The van der Waals surface area contributed by atoms with Crippen LogP contribution in [-0.2, 0) is 11.3 Å². The van der Waals surface area contributed by atoms with E-state index in [-0.39, 0.29) is 18.2 Å². The van der Waals surface area contributed by atoms with E-state index in [1.54, 1.807) is 56.3 Å². The van der Waals surface area contributed by atoms with Crippen LogP contribution in [0.3, 0.4) is 0 Å². The van der Waals surface area contributed by atoms with Gasteiger partial charge in [0.1, 0.15) is 6.54 Å². The van der Waals surface area contributed by atoms with Crippen molar-refractivity contribution in [3.05, 3.63) is 81.1 Å². The molecule has 1 aromatic heterocycles. The number of carbonyl (C=O) groups is 2. The highest BCUT2D eigenvalue weighted by molar-refractivity contribution is 6.32. The molecular formula is C20H17Cl2N3O2. The summed E-state index contributed by atoms with van der Waals surface area (Å²) in [7, 11) is 0. The zero-order chi connectivity index (χ0) is 19.6. The molecule has 0 spiro atoms. The van der Waals surface area contributed by atoms with E-state index >= 15 is 0 Å². The van der Waals surface area contributed by atoms with Crippen LogP contribution >= 0.6 is 23.2 Å². The lowest BCUT2D eigenvalue weighted by Crippen LogP contribution is -2.21. The first-order valence-electron chi connectivity index (χ1n) is 8.25. The Morgan fingerprint density at radius 2 is 1.78 bits per heavy atom. The van der Waals surface area contributed by atoms with Crippen LogP contribution in [0.4, 0.5) is 5.69 Å². The molecule has 3 aromatic rings. The first-order valence-corrected chi connectivity index (χ1v) is 9.01. The summed E-state index contributed by atoms with van der Waals surface area (Å²) in [4.78, 5) is 25.3. The quantitative estimate of drug-likeness (QED) is 0.631. The van der Waals surface area contributed by atoms with Gasteiger partial charge in [-0.05, 0) is 32.0 Å². The molecule has 1 heterocycles. The summed E-state index contributed by atoms with van der Waals surface area (Å²) in [6.45, 7) is 3.56. The number of aryl methyl sites for hydroxylation is 1. The van der Waals surface area contributed by atoms with Crippen molar-refractivity contribution >= 4 is 40.6 Å². The minimum Gasteiger partial charge on any atom is -0.324 e. The van der Waals surface area contributed by atoms with Crippen molar-refractivity contribution in [2.24, 2.45) is 0 Å². The fraction of sp³-hybridized carbons (Fsp3) is 0.150. The predicted octanol–water partition coefficient (Wildman–Crippen LogP) is 4.68. The number of aromatic nitrogens is 2. The highest BCUT2D eigenvalue weighted by Gasteiger charge is 2.17. The van der Waals surface area contributed by atoms with Crippen LogP contribution in [0.2, 0.25) is 10.0 Å². The lowest BCUT2D eigenvalue weighted by atomic mass is 10.0. The van der Waals surface area contributed by atoms with Gasteiger partial charge in [0.2, 0.25) is 5.91 Å². The summed E-state index contributed by atoms with van der Waals surface area (Å²) in [5, 5.41) is 7.97. The first kappa shape index (κ1) is 19.1. The maximum absolute atomic E-state index is 12.8. The van der Waals surface area contributed by atoms with Gasteiger partial charge in [-0.2, -0.15) is 5.10 Å². The summed E-state index contributed by atoms with van der Waals surface area (Å²) in [5.74, 6) is -0.538. The molecule has 0 saturated heterocycles. The Bertz CT molecular complexity index is 1010. The van der Waals surface area contributed by atoms with E-state index in [9.17, 15) is 9.59 Å². The average Bonchev–Trinajstić information content (AvgIpc) is 2.90. The molecule has 27 heavy (non-hydrogen) atoms. The molecule has 0 unspecified atom stereocenters. The maximum atomic E-state index is 12.8. The third-order valence-corrected chi connectivity index (χ3v) is 4.90. The number of nitrogens with zero attached hydrogens (tertiary/aromatic N) is 2. The molecule has 0 aliphatic carbocycles. The maximum Gasteiger partial charge on any atom is 0.246 e. The summed E-state index contributed by atoms with van der Waals surface area (Å²) in [6.07, 6.45) is 0. The minimum atomic E-state index is -0.318. The Labute approximate surface area is 166 Å². The van der Waals surface area contributed by atoms with Crippen LogP contribution in [0, 0.1) is 13.8 Å². The van der Waals surface area contributed by atoms with E-state index in [1.807, 2.05) is 6.07 Å². The number of hydrogen-bond donors (Lipinski definition) is 1. The lowest BCUT2D eigenvalue weighted by Gasteiger charge is -2.12. The van der Waals surface area contributed by atoms with Crippen molar-refractivity contribution in [1.29, 1.82) is 0 Å². The largest absolute Gasteiger partial charge is 0.324 e. The lowest BCUT2D eigenvalue weighted by molar-refractivity contribution is -0.116. The summed E-state index contributed by atoms with van der Waals surface area (Å²) < 4.78 is 1.53. The minimum absolute atomic E-state index is 0.0129. The van der Waals surface area contributed by atoms with E-state index in [0.717, 1.165) is 0 Å². The number of nitrogens with one attached hydrogen (secondary N) is 1. The van der Waals surface area contributed by atoms with E-state index in [1.165, 1.54) is 4.68 Å². The molecule has 5 nitrogen and oxygen atoms in total. The SMILES string of the molecule is Cc1nn(CC(=O)Nc2ccc(Cl)cc2C(=O)c2ccccc2)c(C)c1Cl. The molecule has 2 aromatic carbocycles. The van der Waals surface area contributed by atoms with Gasteiger partial charge in [-0.15, -0.1) is 0 Å². The fourth-order valence-electron chi connectivity index (χ4n) is 2.71. The van der Waals surface area contributed by atoms with Crippen molar-refractivity contribution in [2.75, 3.05) is 5.32 Å². The molecule has 0 fully saturated rings. The molecule has 1 N–H and O–H groups in total. The molecular weight excluding hydrogens is 385 g/mol. The standard InChI is InChI=1S/C20H17Cl2N3O2/c1-12-19(22)13(2)25(24-12)11-18(26)23-17-9-8-15(21)10-16(17)20(27)14-6-4-3-5-7-14/h3-10H,11H2,1-2H3,(H,23,26). The van der Waals surface area contributed by atoms with E-state index < -0.39 is 0 Å². The molecule has 0 aliphatic heterocycles. The Morgan fingerprint density at radius 3 is 2.41 bits per heavy atom. The zero-order valence-electron chi connectivity index (χ0n) is 14.8. The zero-order valence-corrected chi connectivity index (χ0v) is 16.3. The van der Waals surface area contributed by atoms with Crippen LogP contribution in [0.5, 0.6) is 0 Å². The second kappa shape index (κ2) is 7.94. The number of anilines is 1. The molecule has 0 bridgehead atoms. The fourth-order valence-corrected chi connectivity index (χ4v) is 3.02. The number of benzene rings is 2. The van der Waals surface area contributed by atoms with Crippen LogP contribution in [0.15, 0.2) is 48.5 Å². The summed E-state index contributed by atoms with van der Waals surface area (Å²) >= 11 is 12.2. The second-order valence-corrected chi connectivity index (χ2v) is 6.89. The van der Waals surface area contributed by atoms with Gasteiger partial charge in [0, 0.05) is 16.1 Å². The number of amides is 1. The van der Waals surface area contributed by atoms with Crippen LogP contribution in [-0.4, -0.2) is 21.5 Å². The molecule has 0 aliphatic rings. The third kappa shape index (κ3) is 4.21. The van der Waals surface area contributed by atoms with Crippen molar-refractivity contribution < 1.29 is 9.59 Å². The number of carbonyl (C=O) groups excluding carboxylic acids is 2.